The summed E-state index contributed by atoms with van der Waals surface area (Å²) in [6, 6.07) is 11.0. The fourth-order valence-corrected chi connectivity index (χ4v) is 1.83. The Bertz CT molecular complexity index is 603. The summed E-state index contributed by atoms with van der Waals surface area (Å²) in [5, 5.41) is 0.671. The van der Waals surface area contributed by atoms with Crippen molar-refractivity contribution in [1.82, 2.24) is 4.98 Å². The van der Waals surface area contributed by atoms with Crippen molar-refractivity contribution in [3.8, 4) is 11.8 Å². The standard InChI is InChI=1S/C16H19ClN2O2/c1-11(2)9-21-16-14(18)7-8-15(19-16)20-10-12-5-3-4-6-13(12)17/h3-8,11H,9-10,18H2,1-2H3. The number of benzene rings is 1. The van der Waals surface area contributed by atoms with Gasteiger partial charge in [-0.15, -0.1) is 0 Å². The van der Waals surface area contributed by atoms with Gasteiger partial charge in [0.25, 0.3) is 0 Å². The molecule has 0 aliphatic rings. The molecule has 2 aromatic rings. The summed E-state index contributed by atoms with van der Waals surface area (Å²) >= 11 is 6.09. The van der Waals surface area contributed by atoms with Crippen LogP contribution >= 0.6 is 11.6 Å². The Labute approximate surface area is 129 Å². The molecule has 1 aromatic carbocycles. The zero-order valence-corrected chi connectivity index (χ0v) is 12.9. The van der Waals surface area contributed by atoms with Gasteiger partial charge in [-0.2, -0.15) is 4.98 Å². The summed E-state index contributed by atoms with van der Waals surface area (Å²) in [5.41, 5.74) is 7.25. The van der Waals surface area contributed by atoms with Gasteiger partial charge in [-0.3, -0.25) is 0 Å². The maximum atomic E-state index is 6.09. The molecule has 0 unspecified atom stereocenters. The molecular weight excluding hydrogens is 288 g/mol. The molecule has 1 heterocycles. The number of hydrogen-bond donors (Lipinski definition) is 1. The van der Waals surface area contributed by atoms with Crippen molar-refractivity contribution >= 4 is 17.3 Å². The van der Waals surface area contributed by atoms with Crippen LogP contribution in [0.2, 0.25) is 5.02 Å². The lowest BCUT2D eigenvalue weighted by Gasteiger charge is -2.12. The first-order valence-corrected chi connectivity index (χ1v) is 7.19. The van der Waals surface area contributed by atoms with Gasteiger partial charge in [-0.25, -0.2) is 0 Å². The molecule has 2 N–H and O–H groups in total. The third-order valence-corrected chi connectivity index (χ3v) is 3.12. The highest BCUT2D eigenvalue weighted by atomic mass is 35.5. The monoisotopic (exact) mass is 306 g/mol. The molecular formula is C16H19ClN2O2. The summed E-state index contributed by atoms with van der Waals surface area (Å²) in [6.45, 7) is 5.03. The number of nitrogen functional groups attached to an aromatic ring is 1. The highest BCUT2D eigenvalue weighted by Crippen LogP contribution is 2.24. The average Bonchev–Trinajstić information content (AvgIpc) is 2.46. The van der Waals surface area contributed by atoms with Crippen LogP contribution in [0.5, 0.6) is 11.8 Å². The number of halogens is 1. The van der Waals surface area contributed by atoms with E-state index >= 15 is 0 Å². The highest BCUT2D eigenvalue weighted by Gasteiger charge is 2.07. The smallest absolute Gasteiger partial charge is 0.240 e. The van der Waals surface area contributed by atoms with E-state index in [0.29, 0.717) is 41.6 Å². The van der Waals surface area contributed by atoms with Gasteiger partial charge in [-0.1, -0.05) is 43.6 Å². The second kappa shape index (κ2) is 7.18. The van der Waals surface area contributed by atoms with Crippen molar-refractivity contribution in [2.45, 2.75) is 20.5 Å². The first kappa shape index (κ1) is 15.4. The molecule has 2 rings (SSSR count). The van der Waals surface area contributed by atoms with Crippen LogP contribution in [-0.4, -0.2) is 11.6 Å². The lowest BCUT2D eigenvalue weighted by atomic mass is 10.2. The third kappa shape index (κ3) is 4.53. The van der Waals surface area contributed by atoms with E-state index in [-0.39, 0.29) is 0 Å². The molecule has 112 valence electrons. The molecule has 5 heteroatoms. The first-order valence-electron chi connectivity index (χ1n) is 6.82. The van der Waals surface area contributed by atoms with Crippen LogP contribution in [0.1, 0.15) is 19.4 Å². The van der Waals surface area contributed by atoms with E-state index < -0.39 is 0 Å². The van der Waals surface area contributed by atoms with Gasteiger partial charge in [0.15, 0.2) is 0 Å². The number of aromatic nitrogens is 1. The van der Waals surface area contributed by atoms with Gasteiger partial charge in [0.1, 0.15) is 6.61 Å². The molecule has 0 spiro atoms. The molecule has 1 aromatic heterocycles. The van der Waals surface area contributed by atoms with Crippen molar-refractivity contribution in [3.05, 3.63) is 47.0 Å². The number of hydrogen-bond acceptors (Lipinski definition) is 4. The quantitative estimate of drug-likeness (QED) is 0.878. The lowest BCUT2D eigenvalue weighted by Crippen LogP contribution is -2.08. The second-order valence-electron chi connectivity index (χ2n) is 5.13. The van der Waals surface area contributed by atoms with Crippen LogP contribution in [0, 0.1) is 5.92 Å². The van der Waals surface area contributed by atoms with E-state index in [1.54, 1.807) is 12.1 Å². The van der Waals surface area contributed by atoms with E-state index in [0.717, 1.165) is 5.56 Å². The van der Waals surface area contributed by atoms with Crippen molar-refractivity contribution in [2.24, 2.45) is 5.92 Å². The van der Waals surface area contributed by atoms with E-state index in [1.807, 2.05) is 24.3 Å². The predicted molar refractivity (Wildman–Crippen MR) is 84.8 cm³/mol. The fourth-order valence-electron chi connectivity index (χ4n) is 1.64. The normalized spacial score (nSPS) is 10.7. The van der Waals surface area contributed by atoms with Crippen molar-refractivity contribution in [3.63, 3.8) is 0 Å². The van der Waals surface area contributed by atoms with Crippen LogP contribution in [0.4, 0.5) is 5.69 Å². The molecule has 0 saturated carbocycles. The first-order chi connectivity index (χ1) is 10.1. The summed E-state index contributed by atoms with van der Waals surface area (Å²) in [6.07, 6.45) is 0. The van der Waals surface area contributed by atoms with Crippen LogP contribution in [0.3, 0.4) is 0 Å². The minimum atomic E-state index is 0.347. The third-order valence-electron chi connectivity index (χ3n) is 2.75. The summed E-state index contributed by atoms with van der Waals surface area (Å²) in [4.78, 5) is 4.28. The molecule has 0 atom stereocenters. The van der Waals surface area contributed by atoms with Gasteiger partial charge in [-0.05, 0) is 18.1 Å². The average molecular weight is 307 g/mol. The molecule has 0 aliphatic heterocycles. The lowest BCUT2D eigenvalue weighted by molar-refractivity contribution is 0.250. The molecule has 0 radical (unpaired) electrons. The van der Waals surface area contributed by atoms with Crippen molar-refractivity contribution in [1.29, 1.82) is 0 Å². The summed E-state index contributed by atoms with van der Waals surface area (Å²) < 4.78 is 11.2. The molecule has 0 fully saturated rings. The molecule has 0 amide bonds. The number of rotatable bonds is 6. The highest BCUT2D eigenvalue weighted by molar-refractivity contribution is 6.31. The second-order valence-corrected chi connectivity index (χ2v) is 5.54. The Hall–Kier alpha value is -1.94. The number of ether oxygens (including phenoxy) is 2. The topological polar surface area (TPSA) is 57.4 Å². The molecule has 0 saturated heterocycles. The van der Waals surface area contributed by atoms with Crippen LogP contribution in [-0.2, 0) is 6.61 Å². The Morgan fingerprint density at radius 1 is 1.14 bits per heavy atom. The van der Waals surface area contributed by atoms with E-state index in [2.05, 4.69) is 18.8 Å². The van der Waals surface area contributed by atoms with Gasteiger partial charge in [0.2, 0.25) is 11.8 Å². The predicted octanol–water partition coefficient (Wildman–Crippen LogP) is 3.93. The molecule has 0 aliphatic carbocycles. The van der Waals surface area contributed by atoms with Crippen molar-refractivity contribution < 1.29 is 9.47 Å². The van der Waals surface area contributed by atoms with Crippen LogP contribution in [0.25, 0.3) is 0 Å². The SMILES string of the molecule is CC(C)COc1nc(OCc2ccccc2Cl)ccc1N. The fraction of sp³-hybridized carbons (Fsp3) is 0.312. The number of nitrogens with two attached hydrogens (primary N) is 1. The van der Waals surface area contributed by atoms with E-state index in [1.165, 1.54) is 0 Å². The van der Waals surface area contributed by atoms with Crippen molar-refractivity contribution in [2.75, 3.05) is 12.3 Å². The summed E-state index contributed by atoms with van der Waals surface area (Å²) in [5.74, 6) is 1.27. The van der Waals surface area contributed by atoms with Crippen LogP contribution in [0.15, 0.2) is 36.4 Å². The maximum Gasteiger partial charge on any atom is 0.240 e. The van der Waals surface area contributed by atoms with Gasteiger partial charge in [0, 0.05) is 16.7 Å². The van der Waals surface area contributed by atoms with Gasteiger partial charge >= 0.3 is 0 Å². The number of anilines is 1. The van der Waals surface area contributed by atoms with Gasteiger partial charge < -0.3 is 15.2 Å². The van der Waals surface area contributed by atoms with E-state index in [4.69, 9.17) is 26.8 Å². The summed E-state index contributed by atoms with van der Waals surface area (Å²) in [7, 11) is 0. The Kier molecular flexibility index (Phi) is 5.28. The minimum Gasteiger partial charge on any atom is -0.476 e. The Morgan fingerprint density at radius 3 is 2.62 bits per heavy atom. The Morgan fingerprint density at radius 2 is 1.90 bits per heavy atom. The maximum absolute atomic E-state index is 6.09. The largest absolute Gasteiger partial charge is 0.476 e. The number of nitrogens with zero attached hydrogens (tertiary/aromatic N) is 1. The molecule has 4 nitrogen and oxygen atoms in total. The Balaban J connectivity index is 2.03. The zero-order valence-electron chi connectivity index (χ0n) is 12.2. The number of pyridine rings is 1. The zero-order chi connectivity index (χ0) is 15.2. The van der Waals surface area contributed by atoms with Gasteiger partial charge in [0.05, 0.1) is 12.3 Å². The van der Waals surface area contributed by atoms with E-state index in [9.17, 15) is 0 Å². The molecule has 0 bridgehead atoms. The van der Waals surface area contributed by atoms with Crippen LogP contribution < -0.4 is 15.2 Å². The minimum absolute atomic E-state index is 0.347. The molecule has 21 heavy (non-hydrogen) atoms.